The second-order valence-electron chi connectivity index (χ2n) is 6.61. The van der Waals surface area contributed by atoms with E-state index < -0.39 is 5.91 Å². The number of amides is 1. The molecule has 0 fully saturated rings. The summed E-state index contributed by atoms with van der Waals surface area (Å²) in [5.41, 5.74) is 9.56. The fraction of sp³-hybridized carbons (Fsp3) is 0.143. The van der Waals surface area contributed by atoms with Gasteiger partial charge in [0.2, 0.25) is 5.91 Å². The lowest BCUT2D eigenvalue weighted by Gasteiger charge is -2.11. The zero-order valence-corrected chi connectivity index (χ0v) is 15.7. The molecule has 4 rings (SSSR count). The molecule has 1 amide bonds. The van der Waals surface area contributed by atoms with E-state index in [1.165, 1.54) is 0 Å². The zero-order chi connectivity index (χ0) is 19.7. The number of aryl methyl sites for hydroxylation is 2. The van der Waals surface area contributed by atoms with Gasteiger partial charge in [0.1, 0.15) is 5.69 Å². The van der Waals surface area contributed by atoms with E-state index in [2.05, 4.69) is 20.5 Å². The van der Waals surface area contributed by atoms with Crippen LogP contribution in [-0.2, 0) is 6.54 Å². The summed E-state index contributed by atoms with van der Waals surface area (Å²) in [5.74, 6) is 0.646. The molecule has 0 aliphatic carbocycles. The number of rotatable bonds is 5. The van der Waals surface area contributed by atoms with Crippen molar-refractivity contribution in [3.05, 3.63) is 77.1 Å². The average Bonchev–Trinajstić information content (AvgIpc) is 3.04. The highest BCUT2D eigenvalue weighted by atomic mass is 16.1. The summed E-state index contributed by atoms with van der Waals surface area (Å²) >= 11 is 0. The first-order valence-corrected chi connectivity index (χ1v) is 8.95. The Bertz CT molecular complexity index is 1170. The molecule has 0 unspecified atom stereocenters. The van der Waals surface area contributed by atoms with Gasteiger partial charge in [-0.25, -0.2) is 0 Å². The lowest BCUT2D eigenvalue weighted by atomic mass is 10.1. The molecular weight excluding hydrogens is 352 g/mol. The topological polar surface area (TPSA) is 98.7 Å². The summed E-state index contributed by atoms with van der Waals surface area (Å²) in [7, 11) is 0. The van der Waals surface area contributed by atoms with Crippen LogP contribution in [0.4, 0.5) is 5.82 Å². The Kier molecular flexibility index (Phi) is 4.49. The SMILES string of the molecule is Cc1nnc(-n2c(C)cc3c(C(N)=O)cccc32)nc1NCc1ccccc1. The number of nitrogens with one attached hydrogen (secondary N) is 1. The molecule has 28 heavy (non-hydrogen) atoms. The van der Waals surface area contributed by atoms with Gasteiger partial charge < -0.3 is 11.1 Å². The first kappa shape index (κ1) is 17.7. The van der Waals surface area contributed by atoms with Gasteiger partial charge in [-0.1, -0.05) is 36.4 Å². The smallest absolute Gasteiger partial charge is 0.256 e. The van der Waals surface area contributed by atoms with Gasteiger partial charge >= 0.3 is 0 Å². The molecule has 0 bridgehead atoms. The van der Waals surface area contributed by atoms with Crippen LogP contribution in [0.25, 0.3) is 16.9 Å². The normalized spacial score (nSPS) is 10.9. The van der Waals surface area contributed by atoms with Gasteiger partial charge in [0, 0.05) is 23.2 Å². The van der Waals surface area contributed by atoms with Crippen LogP contribution < -0.4 is 11.1 Å². The quantitative estimate of drug-likeness (QED) is 0.561. The maximum Gasteiger partial charge on any atom is 0.256 e. The molecule has 3 N–H and O–H groups in total. The maximum atomic E-state index is 11.8. The number of aromatic nitrogens is 4. The number of hydrogen-bond acceptors (Lipinski definition) is 5. The fourth-order valence-electron chi connectivity index (χ4n) is 3.26. The highest BCUT2D eigenvalue weighted by Crippen LogP contribution is 2.26. The minimum atomic E-state index is -0.462. The summed E-state index contributed by atoms with van der Waals surface area (Å²) < 4.78 is 1.88. The zero-order valence-electron chi connectivity index (χ0n) is 15.7. The molecule has 4 aromatic rings. The van der Waals surface area contributed by atoms with E-state index in [1.54, 1.807) is 12.1 Å². The average molecular weight is 372 g/mol. The molecule has 0 spiro atoms. The number of anilines is 1. The lowest BCUT2D eigenvalue weighted by Crippen LogP contribution is -2.12. The van der Waals surface area contributed by atoms with Crippen LogP contribution in [-0.4, -0.2) is 25.7 Å². The maximum absolute atomic E-state index is 11.8. The third-order valence-corrected chi connectivity index (χ3v) is 4.64. The molecule has 0 saturated heterocycles. The molecule has 140 valence electrons. The number of nitrogens with two attached hydrogens (primary N) is 1. The fourth-order valence-corrected chi connectivity index (χ4v) is 3.26. The summed E-state index contributed by atoms with van der Waals surface area (Å²) in [6, 6.07) is 17.4. The number of carbonyl (C=O) groups is 1. The number of nitrogens with zero attached hydrogens (tertiary/aromatic N) is 4. The Morgan fingerprint density at radius 1 is 1.07 bits per heavy atom. The van der Waals surface area contributed by atoms with Crippen molar-refractivity contribution in [1.82, 2.24) is 19.7 Å². The third kappa shape index (κ3) is 3.18. The standard InChI is InChI=1S/C21H20N6O/c1-13-11-17-16(19(22)28)9-6-10-18(17)27(13)21-24-20(14(2)25-26-21)23-12-15-7-4-3-5-8-15/h3-11H,12H2,1-2H3,(H2,22,28)(H,23,24,26). The Morgan fingerprint density at radius 3 is 2.61 bits per heavy atom. The van der Waals surface area contributed by atoms with Crippen molar-refractivity contribution in [3.8, 4) is 5.95 Å². The third-order valence-electron chi connectivity index (χ3n) is 4.64. The first-order valence-electron chi connectivity index (χ1n) is 8.95. The van der Waals surface area contributed by atoms with Crippen LogP contribution in [0.2, 0.25) is 0 Å². The predicted octanol–water partition coefficient (Wildman–Crippen LogP) is 3.14. The van der Waals surface area contributed by atoms with Crippen molar-refractivity contribution >= 4 is 22.6 Å². The highest BCUT2D eigenvalue weighted by Gasteiger charge is 2.16. The van der Waals surface area contributed by atoms with Gasteiger partial charge in [-0.3, -0.25) is 9.36 Å². The second-order valence-corrected chi connectivity index (χ2v) is 6.61. The molecule has 0 aliphatic heterocycles. The van der Waals surface area contributed by atoms with E-state index in [-0.39, 0.29) is 0 Å². The number of carbonyl (C=O) groups excluding carboxylic acids is 1. The first-order chi connectivity index (χ1) is 13.5. The molecule has 0 saturated carbocycles. The van der Waals surface area contributed by atoms with Crippen LogP contribution in [0.5, 0.6) is 0 Å². The summed E-state index contributed by atoms with van der Waals surface area (Å²) in [5, 5.41) is 12.6. The largest absolute Gasteiger partial charge is 0.366 e. The lowest BCUT2D eigenvalue weighted by molar-refractivity contribution is 0.100. The summed E-state index contributed by atoms with van der Waals surface area (Å²) in [6.45, 7) is 4.44. The molecule has 0 atom stereocenters. The van der Waals surface area contributed by atoms with Gasteiger partial charge in [-0.05, 0) is 37.6 Å². The number of primary amides is 1. The molecule has 7 nitrogen and oxygen atoms in total. The number of benzene rings is 2. The number of hydrogen-bond donors (Lipinski definition) is 2. The van der Waals surface area contributed by atoms with Crippen LogP contribution >= 0.6 is 0 Å². The predicted molar refractivity (Wildman–Crippen MR) is 108 cm³/mol. The Morgan fingerprint density at radius 2 is 1.86 bits per heavy atom. The van der Waals surface area contributed by atoms with Crippen molar-refractivity contribution < 1.29 is 4.79 Å². The molecule has 2 aromatic heterocycles. The minimum absolute atomic E-state index is 0.440. The molecule has 2 heterocycles. The second kappa shape index (κ2) is 7.11. The van der Waals surface area contributed by atoms with Crippen LogP contribution in [0.1, 0.15) is 27.3 Å². The van der Waals surface area contributed by atoms with Gasteiger partial charge in [0.15, 0.2) is 5.82 Å². The van der Waals surface area contributed by atoms with Crippen molar-refractivity contribution in [2.45, 2.75) is 20.4 Å². The van der Waals surface area contributed by atoms with Gasteiger partial charge in [0.05, 0.1) is 5.52 Å². The van der Waals surface area contributed by atoms with Crippen molar-refractivity contribution in [2.24, 2.45) is 5.73 Å². The van der Waals surface area contributed by atoms with Crippen molar-refractivity contribution in [3.63, 3.8) is 0 Å². The monoisotopic (exact) mass is 372 g/mol. The van der Waals surface area contributed by atoms with Crippen LogP contribution in [0.15, 0.2) is 54.6 Å². The number of fused-ring (bicyclic) bond motifs is 1. The minimum Gasteiger partial charge on any atom is -0.366 e. The van der Waals surface area contributed by atoms with E-state index in [4.69, 9.17) is 5.73 Å². The molecular formula is C21H20N6O. The van der Waals surface area contributed by atoms with E-state index in [0.29, 0.717) is 29.6 Å². The molecule has 0 radical (unpaired) electrons. The van der Waals surface area contributed by atoms with E-state index in [0.717, 1.165) is 22.2 Å². The van der Waals surface area contributed by atoms with E-state index in [1.807, 2.05) is 60.9 Å². The van der Waals surface area contributed by atoms with Gasteiger partial charge in [-0.15, -0.1) is 10.2 Å². The van der Waals surface area contributed by atoms with Gasteiger partial charge in [0.25, 0.3) is 5.95 Å². The Hall–Kier alpha value is -3.74. The Labute approximate surface area is 162 Å². The molecule has 0 aliphatic rings. The summed E-state index contributed by atoms with van der Waals surface area (Å²) in [6.07, 6.45) is 0. The highest BCUT2D eigenvalue weighted by molar-refractivity contribution is 6.06. The van der Waals surface area contributed by atoms with Crippen molar-refractivity contribution in [1.29, 1.82) is 0 Å². The Balaban J connectivity index is 1.75. The molecule has 2 aromatic carbocycles. The van der Waals surface area contributed by atoms with E-state index >= 15 is 0 Å². The van der Waals surface area contributed by atoms with Crippen LogP contribution in [0, 0.1) is 13.8 Å². The summed E-state index contributed by atoms with van der Waals surface area (Å²) in [4.78, 5) is 16.4. The molecule has 7 heteroatoms. The van der Waals surface area contributed by atoms with E-state index in [9.17, 15) is 4.79 Å². The van der Waals surface area contributed by atoms with Crippen molar-refractivity contribution in [2.75, 3.05) is 5.32 Å². The van der Waals surface area contributed by atoms with Gasteiger partial charge in [-0.2, -0.15) is 4.98 Å². The van der Waals surface area contributed by atoms with Crippen LogP contribution in [0.3, 0.4) is 0 Å².